The molecule has 0 aromatic heterocycles. The first-order valence-electron chi connectivity index (χ1n) is 7.14. The van der Waals surface area contributed by atoms with Crippen LogP contribution in [0.3, 0.4) is 0 Å². The van der Waals surface area contributed by atoms with Crippen molar-refractivity contribution in [3.05, 3.63) is 78.1 Å². The fourth-order valence-corrected chi connectivity index (χ4v) is 2.15. The van der Waals surface area contributed by atoms with Crippen LogP contribution >= 0.6 is 0 Å². The molecule has 0 saturated carbocycles. The zero-order valence-electron chi connectivity index (χ0n) is 12.4. The van der Waals surface area contributed by atoms with Crippen LogP contribution in [0.1, 0.15) is 38.0 Å². The molecule has 0 fully saturated rings. The topological polar surface area (TPSA) is 9.23 Å². The van der Waals surface area contributed by atoms with Crippen molar-refractivity contribution < 1.29 is 4.74 Å². The van der Waals surface area contributed by atoms with Crippen molar-refractivity contribution in [2.75, 3.05) is 0 Å². The molecular formula is C19H22O. The summed E-state index contributed by atoms with van der Waals surface area (Å²) in [4.78, 5) is 0. The summed E-state index contributed by atoms with van der Waals surface area (Å²) in [5.74, 6) is 0.431. The molecule has 20 heavy (non-hydrogen) atoms. The molecule has 0 aliphatic rings. The Kier molecular flexibility index (Phi) is 5.00. The van der Waals surface area contributed by atoms with Gasteiger partial charge in [0.15, 0.2) is 0 Å². The van der Waals surface area contributed by atoms with Gasteiger partial charge in [-0.3, -0.25) is 0 Å². The molecule has 1 atom stereocenters. The second-order valence-corrected chi connectivity index (χ2v) is 5.28. The van der Waals surface area contributed by atoms with E-state index in [0.717, 1.165) is 0 Å². The predicted octanol–water partition coefficient (Wildman–Crippen LogP) is 5.46. The van der Waals surface area contributed by atoms with Gasteiger partial charge in [0, 0.05) is 0 Å². The molecule has 2 aromatic carbocycles. The van der Waals surface area contributed by atoms with Gasteiger partial charge in [0.1, 0.15) is 6.10 Å². The van der Waals surface area contributed by atoms with E-state index in [0.29, 0.717) is 5.92 Å². The van der Waals surface area contributed by atoms with Crippen LogP contribution in [0.5, 0.6) is 0 Å². The zero-order chi connectivity index (χ0) is 14.4. The molecule has 0 aliphatic heterocycles. The van der Waals surface area contributed by atoms with Crippen molar-refractivity contribution in [1.29, 1.82) is 0 Å². The SMILES string of the molecule is CC(C)C(=COC(C)c1ccccc1)c1ccccc1. The van der Waals surface area contributed by atoms with Gasteiger partial charge in [-0.2, -0.15) is 0 Å². The lowest BCUT2D eigenvalue weighted by molar-refractivity contribution is 0.164. The molecule has 104 valence electrons. The van der Waals surface area contributed by atoms with E-state index in [1.165, 1.54) is 16.7 Å². The third-order valence-corrected chi connectivity index (χ3v) is 3.40. The molecule has 2 rings (SSSR count). The van der Waals surface area contributed by atoms with Gasteiger partial charge in [-0.15, -0.1) is 0 Å². The van der Waals surface area contributed by atoms with Crippen LogP contribution in [0.25, 0.3) is 5.57 Å². The smallest absolute Gasteiger partial charge is 0.120 e. The first kappa shape index (κ1) is 14.4. The van der Waals surface area contributed by atoms with Crippen molar-refractivity contribution in [1.82, 2.24) is 0 Å². The maximum atomic E-state index is 5.94. The highest BCUT2D eigenvalue weighted by molar-refractivity contribution is 5.65. The van der Waals surface area contributed by atoms with E-state index >= 15 is 0 Å². The summed E-state index contributed by atoms with van der Waals surface area (Å²) in [6, 6.07) is 20.7. The Bertz CT molecular complexity index is 540. The lowest BCUT2D eigenvalue weighted by atomic mass is 9.97. The fraction of sp³-hybridized carbons (Fsp3) is 0.263. The van der Waals surface area contributed by atoms with E-state index in [2.05, 4.69) is 57.2 Å². The van der Waals surface area contributed by atoms with Crippen LogP contribution in [0, 0.1) is 5.92 Å². The third-order valence-electron chi connectivity index (χ3n) is 3.40. The molecule has 0 spiro atoms. The molecular weight excluding hydrogens is 244 g/mol. The molecule has 1 nitrogen and oxygen atoms in total. The second kappa shape index (κ2) is 6.95. The Hall–Kier alpha value is -2.02. The highest BCUT2D eigenvalue weighted by Gasteiger charge is 2.09. The zero-order valence-corrected chi connectivity index (χ0v) is 12.4. The Morgan fingerprint density at radius 1 is 0.850 bits per heavy atom. The van der Waals surface area contributed by atoms with E-state index in [-0.39, 0.29) is 6.10 Å². The maximum absolute atomic E-state index is 5.94. The van der Waals surface area contributed by atoms with Crippen LogP contribution < -0.4 is 0 Å². The summed E-state index contributed by atoms with van der Waals surface area (Å²) < 4.78 is 5.94. The normalized spacial score (nSPS) is 13.3. The lowest BCUT2D eigenvalue weighted by Crippen LogP contribution is -1.99. The quantitative estimate of drug-likeness (QED) is 0.653. The first-order valence-corrected chi connectivity index (χ1v) is 7.14. The van der Waals surface area contributed by atoms with E-state index < -0.39 is 0 Å². The molecule has 1 unspecified atom stereocenters. The summed E-state index contributed by atoms with van der Waals surface area (Å²) in [6.45, 7) is 6.46. The number of benzene rings is 2. The molecule has 0 amide bonds. The van der Waals surface area contributed by atoms with Gasteiger partial charge >= 0.3 is 0 Å². The van der Waals surface area contributed by atoms with E-state index in [1.54, 1.807) is 0 Å². The molecule has 2 aromatic rings. The molecule has 0 saturated heterocycles. The van der Waals surface area contributed by atoms with Gasteiger partial charge in [-0.25, -0.2) is 0 Å². The van der Waals surface area contributed by atoms with Gasteiger partial charge < -0.3 is 4.74 Å². The standard InChI is InChI=1S/C19H22O/c1-15(2)19(18-12-8-5-9-13-18)14-20-16(3)17-10-6-4-7-11-17/h4-16H,1-3H3. The Morgan fingerprint density at radius 2 is 1.40 bits per heavy atom. The molecule has 0 radical (unpaired) electrons. The van der Waals surface area contributed by atoms with Crippen molar-refractivity contribution >= 4 is 5.57 Å². The van der Waals surface area contributed by atoms with Crippen molar-refractivity contribution in [3.63, 3.8) is 0 Å². The highest BCUT2D eigenvalue weighted by atomic mass is 16.5. The molecule has 0 bridgehead atoms. The third kappa shape index (κ3) is 3.74. The number of allylic oxidation sites excluding steroid dienone is 1. The number of hydrogen-bond donors (Lipinski definition) is 0. The minimum Gasteiger partial charge on any atom is -0.493 e. The summed E-state index contributed by atoms with van der Waals surface area (Å²) in [7, 11) is 0. The van der Waals surface area contributed by atoms with Gasteiger partial charge in [0.05, 0.1) is 6.26 Å². The summed E-state index contributed by atoms with van der Waals surface area (Å²) in [6.07, 6.45) is 1.98. The number of ether oxygens (including phenoxy) is 1. The monoisotopic (exact) mass is 266 g/mol. The van der Waals surface area contributed by atoms with Crippen LogP contribution in [0.2, 0.25) is 0 Å². The average Bonchev–Trinajstić information content (AvgIpc) is 2.49. The summed E-state index contributed by atoms with van der Waals surface area (Å²) in [5.41, 5.74) is 3.65. The van der Waals surface area contributed by atoms with Crippen LogP contribution in [0.4, 0.5) is 0 Å². The van der Waals surface area contributed by atoms with Crippen LogP contribution in [0.15, 0.2) is 66.9 Å². The number of hydrogen-bond acceptors (Lipinski definition) is 1. The number of rotatable bonds is 5. The van der Waals surface area contributed by atoms with Gasteiger partial charge in [0.25, 0.3) is 0 Å². The average molecular weight is 266 g/mol. The molecule has 0 N–H and O–H groups in total. The Labute approximate surface area is 121 Å². The Balaban J connectivity index is 2.15. The van der Waals surface area contributed by atoms with Gasteiger partial charge in [-0.1, -0.05) is 74.5 Å². The maximum Gasteiger partial charge on any atom is 0.120 e. The van der Waals surface area contributed by atoms with E-state index in [1.807, 2.05) is 30.5 Å². The van der Waals surface area contributed by atoms with Gasteiger partial charge in [-0.05, 0) is 29.5 Å². The van der Waals surface area contributed by atoms with E-state index in [9.17, 15) is 0 Å². The first-order chi connectivity index (χ1) is 9.68. The van der Waals surface area contributed by atoms with Crippen molar-refractivity contribution in [3.8, 4) is 0 Å². The van der Waals surface area contributed by atoms with Crippen LogP contribution in [-0.4, -0.2) is 0 Å². The minimum absolute atomic E-state index is 0.0636. The van der Waals surface area contributed by atoms with Crippen molar-refractivity contribution in [2.45, 2.75) is 26.9 Å². The molecule has 1 heteroatoms. The molecule has 0 aliphatic carbocycles. The van der Waals surface area contributed by atoms with Gasteiger partial charge in [0.2, 0.25) is 0 Å². The summed E-state index contributed by atoms with van der Waals surface area (Å²) >= 11 is 0. The highest BCUT2D eigenvalue weighted by Crippen LogP contribution is 2.25. The summed E-state index contributed by atoms with van der Waals surface area (Å²) in [5, 5.41) is 0. The predicted molar refractivity (Wildman–Crippen MR) is 85.2 cm³/mol. The fourth-order valence-electron chi connectivity index (χ4n) is 2.15. The van der Waals surface area contributed by atoms with E-state index in [4.69, 9.17) is 4.74 Å². The lowest BCUT2D eigenvalue weighted by Gasteiger charge is -2.16. The Morgan fingerprint density at radius 3 is 1.95 bits per heavy atom. The van der Waals surface area contributed by atoms with Crippen LogP contribution in [-0.2, 0) is 4.74 Å². The largest absolute Gasteiger partial charge is 0.493 e. The van der Waals surface area contributed by atoms with Crippen molar-refractivity contribution in [2.24, 2.45) is 5.92 Å². The molecule has 0 heterocycles. The minimum atomic E-state index is 0.0636. The second-order valence-electron chi connectivity index (χ2n) is 5.28.